The van der Waals surface area contributed by atoms with E-state index in [1.807, 2.05) is 21.9 Å². The Bertz CT molecular complexity index is 633. The molecule has 1 aromatic rings. The minimum absolute atomic E-state index is 0.0852. The van der Waals surface area contributed by atoms with Gasteiger partial charge < -0.3 is 19.4 Å². The molecule has 0 unspecified atom stereocenters. The Kier molecular flexibility index (Phi) is 4.82. The predicted octanol–water partition coefficient (Wildman–Crippen LogP) is 2.49. The summed E-state index contributed by atoms with van der Waals surface area (Å²) < 4.78 is 5.58. The molecule has 6 heteroatoms. The number of nitrogens with zero attached hydrogens (tertiary/aromatic N) is 4. The quantitative estimate of drug-likeness (QED) is 0.843. The first-order chi connectivity index (χ1) is 11.8. The van der Waals surface area contributed by atoms with E-state index in [1.54, 1.807) is 7.11 Å². The molecule has 0 saturated carbocycles. The van der Waals surface area contributed by atoms with Gasteiger partial charge in [0, 0.05) is 50.5 Å². The average molecular weight is 346 g/mol. The molecule has 0 aromatic heterocycles. The normalized spacial score (nSPS) is 19.7. The first kappa shape index (κ1) is 17.9. The van der Waals surface area contributed by atoms with Crippen LogP contribution in [0.5, 0.6) is 5.75 Å². The van der Waals surface area contributed by atoms with Crippen LogP contribution in [0.3, 0.4) is 0 Å². The molecule has 6 nitrogen and oxygen atoms in total. The van der Waals surface area contributed by atoms with E-state index < -0.39 is 0 Å². The molecule has 25 heavy (non-hydrogen) atoms. The van der Waals surface area contributed by atoms with Crippen LogP contribution in [-0.2, 0) is 0 Å². The van der Waals surface area contributed by atoms with Gasteiger partial charge in [-0.3, -0.25) is 4.90 Å². The molecule has 2 aliphatic heterocycles. The van der Waals surface area contributed by atoms with Crippen molar-refractivity contribution >= 4 is 17.4 Å². The molecule has 0 radical (unpaired) electrons. The maximum atomic E-state index is 12.8. The lowest BCUT2D eigenvalue weighted by atomic mass is 10.1. The molecular formula is C19H30N4O2. The van der Waals surface area contributed by atoms with Crippen LogP contribution >= 0.6 is 0 Å². The summed E-state index contributed by atoms with van der Waals surface area (Å²) >= 11 is 0. The molecule has 0 aliphatic carbocycles. The largest absolute Gasteiger partial charge is 0.495 e. The summed E-state index contributed by atoms with van der Waals surface area (Å²) in [7, 11) is 3.85. The SMILES string of the molecule is COc1ccc(N2CCN(C(C)(C)C)C2=O)cc1N1CCN(C)CC1. The zero-order valence-corrected chi connectivity index (χ0v) is 16.1. The highest BCUT2D eigenvalue weighted by Crippen LogP contribution is 2.35. The lowest BCUT2D eigenvalue weighted by Crippen LogP contribution is -2.45. The van der Waals surface area contributed by atoms with E-state index in [4.69, 9.17) is 4.74 Å². The molecule has 0 bridgehead atoms. The standard InChI is InChI=1S/C19H30N4O2/c1-19(2,3)23-13-12-22(18(23)24)15-6-7-17(25-5)16(14-15)21-10-8-20(4)9-11-21/h6-7,14H,8-13H2,1-5H3. The van der Waals surface area contributed by atoms with E-state index in [0.29, 0.717) is 0 Å². The zero-order chi connectivity index (χ0) is 18.2. The van der Waals surface area contributed by atoms with Crippen molar-refractivity contribution in [3.05, 3.63) is 18.2 Å². The van der Waals surface area contributed by atoms with Crippen molar-refractivity contribution in [2.24, 2.45) is 0 Å². The lowest BCUT2D eigenvalue weighted by molar-refractivity contribution is 0.173. The summed E-state index contributed by atoms with van der Waals surface area (Å²) in [6.45, 7) is 11.7. The van der Waals surface area contributed by atoms with Crippen LogP contribution in [0.25, 0.3) is 0 Å². The third-order valence-electron chi connectivity index (χ3n) is 5.14. The third kappa shape index (κ3) is 3.54. The summed E-state index contributed by atoms with van der Waals surface area (Å²) in [5.74, 6) is 0.868. The van der Waals surface area contributed by atoms with Gasteiger partial charge in [0.2, 0.25) is 0 Å². The number of amides is 2. The maximum Gasteiger partial charge on any atom is 0.325 e. The number of anilines is 2. The van der Waals surface area contributed by atoms with Crippen molar-refractivity contribution in [1.82, 2.24) is 9.80 Å². The Morgan fingerprint density at radius 3 is 2.24 bits per heavy atom. The Balaban J connectivity index is 1.86. The van der Waals surface area contributed by atoms with Gasteiger partial charge in [0.25, 0.3) is 0 Å². The zero-order valence-electron chi connectivity index (χ0n) is 16.1. The molecule has 2 fully saturated rings. The molecule has 1 aromatic carbocycles. The fraction of sp³-hybridized carbons (Fsp3) is 0.632. The van der Waals surface area contributed by atoms with Gasteiger partial charge in [-0.25, -0.2) is 4.79 Å². The smallest absolute Gasteiger partial charge is 0.325 e. The van der Waals surface area contributed by atoms with Crippen molar-refractivity contribution in [2.45, 2.75) is 26.3 Å². The van der Waals surface area contributed by atoms with Gasteiger partial charge in [-0.2, -0.15) is 0 Å². The molecule has 0 spiro atoms. The van der Waals surface area contributed by atoms with Gasteiger partial charge in [-0.05, 0) is 46.0 Å². The minimum atomic E-state index is -0.154. The van der Waals surface area contributed by atoms with Crippen molar-refractivity contribution in [2.75, 3.05) is 63.2 Å². The van der Waals surface area contributed by atoms with E-state index in [9.17, 15) is 4.79 Å². The summed E-state index contributed by atoms with van der Waals surface area (Å²) in [5.41, 5.74) is 1.88. The number of methoxy groups -OCH3 is 1. The molecule has 2 heterocycles. The Labute approximate surface area is 150 Å². The average Bonchev–Trinajstić information content (AvgIpc) is 2.97. The molecular weight excluding hydrogens is 316 g/mol. The highest BCUT2D eigenvalue weighted by atomic mass is 16.5. The lowest BCUT2D eigenvalue weighted by Gasteiger charge is -2.35. The van der Waals surface area contributed by atoms with Crippen molar-refractivity contribution < 1.29 is 9.53 Å². The number of hydrogen-bond acceptors (Lipinski definition) is 4. The topological polar surface area (TPSA) is 39.3 Å². The summed E-state index contributed by atoms with van der Waals surface area (Å²) in [6, 6.07) is 6.16. The van der Waals surface area contributed by atoms with Crippen LogP contribution in [0.4, 0.5) is 16.2 Å². The number of carbonyl (C=O) groups is 1. The second kappa shape index (κ2) is 6.75. The van der Waals surface area contributed by atoms with Gasteiger partial charge in [0.1, 0.15) is 5.75 Å². The molecule has 3 rings (SSSR count). The fourth-order valence-electron chi connectivity index (χ4n) is 3.54. The first-order valence-corrected chi connectivity index (χ1v) is 9.02. The number of urea groups is 1. The molecule has 2 saturated heterocycles. The van der Waals surface area contributed by atoms with Crippen molar-refractivity contribution in [3.8, 4) is 5.75 Å². The molecule has 0 atom stereocenters. The second-order valence-electron chi connectivity index (χ2n) is 7.90. The minimum Gasteiger partial charge on any atom is -0.495 e. The van der Waals surface area contributed by atoms with Crippen LogP contribution in [0.2, 0.25) is 0 Å². The van der Waals surface area contributed by atoms with Crippen LogP contribution in [0.1, 0.15) is 20.8 Å². The van der Waals surface area contributed by atoms with E-state index in [0.717, 1.165) is 56.4 Å². The van der Waals surface area contributed by atoms with E-state index >= 15 is 0 Å². The van der Waals surface area contributed by atoms with E-state index in [1.165, 1.54) is 0 Å². The summed E-state index contributed by atoms with van der Waals surface area (Å²) in [6.07, 6.45) is 0. The number of carbonyl (C=O) groups excluding carboxylic acids is 1. The molecule has 0 N–H and O–H groups in total. The number of piperazine rings is 1. The predicted molar refractivity (Wildman–Crippen MR) is 102 cm³/mol. The maximum absolute atomic E-state index is 12.8. The second-order valence-corrected chi connectivity index (χ2v) is 7.90. The fourth-order valence-corrected chi connectivity index (χ4v) is 3.54. The van der Waals surface area contributed by atoms with Gasteiger partial charge in [-0.15, -0.1) is 0 Å². The van der Waals surface area contributed by atoms with Gasteiger partial charge in [0.05, 0.1) is 12.8 Å². The summed E-state index contributed by atoms with van der Waals surface area (Å²) in [5, 5.41) is 0. The number of benzene rings is 1. The first-order valence-electron chi connectivity index (χ1n) is 9.02. The number of likely N-dealkylation sites (N-methyl/N-ethyl adjacent to an activating group) is 1. The molecule has 138 valence electrons. The Hall–Kier alpha value is -1.95. The van der Waals surface area contributed by atoms with Crippen LogP contribution in [0, 0.1) is 0 Å². The summed E-state index contributed by atoms with van der Waals surface area (Å²) in [4.78, 5) is 21.3. The van der Waals surface area contributed by atoms with Crippen molar-refractivity contribution in [3.63, 3.8) is 0 Å². The van der Waals surface area contributed by atoms with Crippen molar-refractivity contribution in [1.29, 1.82) is 0 Å². The Morgan fingerprint density at radius 1 is 1.00 bits per heavy atom. The third-order valence-corrected chi connectivity index (χ3v) is 5.14. The monoisotopic (exact) mass is 346 g/mol. The molecule has 2 aliphatic rings. The van der Waals surface area contributed by atoms with E-state index in [-0.39, 0.29) is 11.6 Å². The van der Waals surface area contributed by atoms with Gasteiger partial charge in [-0.1, -0.05) is 0 Å². The number of hydrogen-bond donors (Lipinski definition) is 0. The number of rotatable bonds is 3. The highest BCUT2D eigenvalue weighted by Gasteiger charge is 2.36. The van der Waals surface area contributed by atoms with Gasteiger partial charge in [0.15, 0.2) is 0 Å². The van der Waals surface area contributed by atoms with Gasteiger partial charge >= 0.3 is 6.03 Å². The number of ether oxygens (including phenoxy) is 1. The molecule has 2 amide bonds. The van der Waals surface area contributed by atoms with Crippen LogP contribution < -0.4 is 14.5 Å². The highest BCUT2D eigenvalue weighted by molar-refractivity contribution is 5.95. The Morgan fingerprint density at radius 2 is 1.68 bits per heavy atom. The van der Waals surface area contributed by atoms with E-state index in [2.05, 4.69) is 43.7 Å². The van der Waals surface area contributed by atoms with Crippen LogP contribution in [0.15, 0.2) is 18.2 Å². The van der Waals surface area contributed by atoms with Crippen LogP contribution in [-0.4, -0.2) is 74.8 Å².